The molecule has 2 nitrogen and oxygen atoms in total. The van der Waals surface area contributed by atoms with Crippen LogP contribution in [0, 0.1) is 0 Å². The standard InChI is InChI=1S/C63H42N2S/c1-5-19-43(20-6-1)45-21-17-28-51(41-45)65(49-26-11-4-12-27-49)58-33-18-31-55-60(58)63(61-54-30-14-16-34-59(54)66-62(55)61)56-32-15-13-29-52(56)53-40-37-46(42-57(53)63)44-35-38-50(39-36-44)64(47-22-7-2-8-23-47)48-24-9-3-10-25-48/h1-42H. The summed E-state index contributed by atoms with van der Waals surface area (Å²) < 4.78 is 1.31. The number of benzene rings is 10. The van der Waals surface area contributed by atoms with Crippen LogP contribution in [0.2, 0.25) is 0 Å². The molecule has 1 aromatic heterocycles. The van der Waals surface area contributed by atoms with E-state index in [1.165, 1.54) is 81.8 Å². The fourth-order valence-corrected chi connectivity index (χ4v) is 12.2. The second-order valence-corrected chi connectivity index (χ2v) is 18.3. The average molecular weight is 859 g/mol. The molecule has 0 saturated carbocycles. The number of anilines is 6. The lowest BCUT2D eigenvalue weighted by Crippen LogP contribution is -2.28. The first kappa shape index (κ1) is 38.2. The maximum Gasteiger partial charge on any atom is 0.0760 e. The normalized spacial score (nSPS) is 14.1. The topological polar surface area (TPSA) is 6.48 Å². The average Bonchev–Trinajstić information content (AvgIpc) is 4.02. The van der Waals surface area contributed by atoms with Crippen LogP contribution >= 0.6 is 11.3 Å². The fourth-order valence-electron chi connectivity index (χ4n) is 10.9. The molecule has 0 saturated heterocycles. The third-order valence-corrected chi connectivity index (χ3v) is 14.8. The first-order chi connectivity index (χ1) is 32.8. The SMILES string of the molecule is c1ccc(-c2cccc(N(c3ccccc3)c3cccc4c3C3(c5ccccc5-c5ccc(-c6ccc(N(c7ccccc7)c7ccccc7)cc6)cc53)c3c-4sc4ccccc34)c2)cc1. The Bertz CT molecular complexity index is 3540. The van der Waals surface area contributed by atoms with Gasteiger partial charge in [0.15, 0.2) is 0 Å². The molecule has 2 aliphatic rings. The van der Waals surface area contributed by atoms with Gasteiger partial charge in [-0.05, 0) is 140 Å². The molecular weight excluding hydrogens is 817 g/mol. The number of rotatable bonds is 8. The molecule has 66 heavy (non-hydrogen) atoms. The zero-order valence-electron chi connectivity index (χ0n) is 36.1. The molecule has 0 N–H and O–H groups in total. The van der Waals surface area contributed by atoms with E-state index in [4.69, 9.17) is 0 Å². The van der Waals surface area contributed by atoms with Gasteiger partial charge in [0.25, 0.3) is 0 Å². The molecule has 11 aromatic rings. The van der Waals surface area contributed by atoms with Crippen molar-refractivity contribution in [1.82, 2.24) is 0 Å². The summed E-state index contributed by atoms with van der Waals surface area (Å²) in [6, 6.07) is 93.5. The van der Waals surface area contributed by atoms with Gasteiger partial charge < -0.3 is 9.80 Å². The van der Waals surface area contributed by atoms with Gasteiger partial charge in [-0.1, -0.05) is 176 Å². The number of nitrogens with zero attached hydrogens (tertiary/aromatic N) is 2. The highest BCUT2D eigenvalue weighted by Crippen LogP contribution is 2.68. The van der Waals surface area contributed by atoms with Crippen molar-refractivity contribution in [2.75, 3.05) is 9.80 Å². The maximum absolute atomic E-state index is 2.52. The Balaban J connectivity index is 1.05. The van der Waals surface area contributed by atoms with E-state index in [0.29, 0.717) is 0 Å². The van der Waals surface area contributed by atoms with E-state index in [1.54, 1.807) is 0 Å². The summed E-state index contributed by atoms with van der Waals surface area (Å²) in [6.45, 7) is 0. The summed E-state index contributed by atoms with van der Waals surface area (Å²) in [5.41, 5.74) is 20.2. The van der Waals surface area contributed by atoms with Crippen LogP contribution in [-0.2, 0) is 5.41 Å². The third-order valence-electron chi connectivity index (χ3n) is 13.6. The minimum absolute atomic E-state index is 0.607. The summed E-state index contributed by atoms with van der Waals surface area (Å²) in [6.07, 6.45) is 0. The van der Waals surface area contributed by atoms with Crippen molar-refractivity contribution in [2.45, 2.75) is 5.41 Å². The van der Waals surface area contributed by atoms with Crippen molar-refractivity contribution in [3.05, 3.63) is 277 Å². The Labute approximate surface area is 389 Å². The van der Waals surface area contributed by atoms with Crippen molar-refractivity contribution in [3.8, 4) is 43.8 Å². The van der Waals surface area contributed by atoms with Gasteiger partial charge in [0.1, 0.15) is 0 Å². The Hall–Kier alpha value is -8.24. The molecule has 0 fully saturated rings. The van der Waals surface area contributed by atoms with Crippen LogP contribution in [0.5, 0.6) is 0 Å². The molecule has 10 aromatic carbocycles. The van der Waals surface area contributed by atoms with Gasteiger partial charge in [0.2, 0.25) is 0 Å². The molecule has 0 amide bonds. The van der Waals surface area contributed by atoms with Gasteiger partial charge >= 0.3 is 0 Å². The number of thiophene rings is 1. The molecule has 13 rings (SSSR count). The zero-order valence-corrected chi connectivity index (χ0v) is 36.9. The van der Waals surface area contributed by atoms with Gasteiger partial charge in [-0.25, -0.2) is 0 Å². The fraction of sp³-hybridized carbons (Fsp3) is 0.0159. The Kier molecular flexibility index (Phi) is 8.97. The van der Waals surface area contributed by atoms with Crippen LogP contribution in [0.15, 0.2) is 255 Å². The summed E-state index contributed by atoms with van der Waals surface area (Å²) in [5, 5.41) is 1.32. The van der Waals surface area contributed by atoms with Crippen molar-refractivity contribution in [1.29, 1.82) is 0 Å². The summed E-state index contributed by atoms with van der Waals surface area (Å²) in [5.74, 6) is 0. The molecule has 2 aliphatic carbocycles. The molecule has 1 unspecified atom stereocenters. The molecule has 0 aliphatic heterocycles. The van der Waals surface area contributed by atoms with Crippen molar-refractivity contribution < 1.29 is 0 Å². The summed E-state index contributed by atoms with van der Waals surface area (Å²) >= 11 is 1.93. The van der Waals surface area contributed by atoms with Gasteiger partial charge in [-0.15, -0.1) is 11.3 Å². The van der Waals surface area contributed by atoms with E-state index < -0.39 is 5.41 Å². The molecule has 0 radical (unpaired) electrons. The van der Waals surface area contributed by atoms with Gasteiger partial charge in [-0.2, -0.15) is 0 Å². The molecule has 3 heteroatoms. The lowest BCUT2D eigenvalue weighted by atomic mass is 9.69. The minimum Gasteiger partial charge on any atom is -0.311 e. The molecule has 310 valence electrons. The van der Waals surface area contributed by atoms with Crippen LogP contribution in [-0.4, -0.2) is 0 Å². The van der Waals surface area contributed by atoms with Crippen LogP contribution in [0.1, 0.15) is 22.3 Å². The number of para-hydroxylation sites is 3. The Morgan fingerprint density at radius 2 is 0.803 bits per heavy atom. The monoisotopic (exact) mass is 858 g/mol. The van der Waals surface area contributed by atoms with E-state index in [1.807, 2.05) is 11.3 Å². The summed E-state index contributed by atoms with van der Waals surface area (Å²) in [7, 11) is 0. The van der Waals surface area contributed by atoms with Gasteiger partial charge in [0, 0.05) is 43.6 Å². The van der Waals surface area contributed by atoms with Crippen LogP contribution in [0.25, 0.3) is 53.9 Å². The predicted molar refractivity (Wildman–Crippen MR) is 278 cm³/mol. The highest BCUT2D eigenvalue weighted by molar-refractivity contribution is 7.22. The zero-order chi connectivity index (χ0) is 43.6. The molecule has 0 bridgehead atoms. The maximum atomic E-state index is 2.52. The van der Waals surface area contributed by atoms with Crippen LogP contribution in [0.4, 0.5) is 34.1 Å². The molecule has 1 heterocycles. The van der Waals surface area contributed by atoms with Crippen LogP contribution < -0.4 is 9.80 Å². The van der Waals surface area contributed by atoms with E-state index in [0.717, 1.165) is 28.4 Å². The quantitative estimate of drug-likeness (QED) is 0.150. The molecule has 1 atom stereocenters. The lowest BCUT2D eigenvalue weighted by molar-refractivity contribution is 0.802. The van der Waals surface area contributed by atoms with Crippen LogP contribution in [0.3, 0.4) is 0 Å². The second kappa shape index (κ2) is 15.5. The van der Waals surface area contributed by atoms with Crippen molar-refractivity contribution >= 4 is 55.5 Å². The molecular formula is C63H42N2S. The Morgan fingerprint density at radius 1 is 0.303 bits per heavy atom. The third kappa shape index (κ3) is 5.87. The number of fused-ring (bicyclic) bond motifs is 12. The van der Waals surface area contributed by atoms with Gasteiger partial charge in [0.05, 0.1) is 11.1 Å². The number of hydrogen-bond donors (Lipinski definition) is 0. The first-order valence-electron chi connectivity index (χ1n) is 22.7. The number of hydrogen-bond acceptors (Lipinski definition) is 3. The predicted octanol–water partition coefficient (Wildman–Crippen LogP) is 17.5. The van der Waals surface area contributed by atoms with E-state index >= 15 is 0 Å². The largest absolute Gasteiger partial charge is 0.311 e. The summed E-state index contributed by atoms with van der Waals surface area (Å²) in [4.78, 5) is 6.17. The van der Waals surface area contributed by atoms with Crippen molar-refractivity contribution in [2.24, 2.45) is 0 Å². The first-order valence-corrected chi connectivity index (χ1v) is 23.5. The second-order valence-electron chi connectivity index (χ2n) is 17.2. The van der Waals surface area contributed by atoms with E-state index in [2.05, 4.69) is 265 Å². The Morgan fingerprint density at radius 3 is 1.53 bits per heavy atom. The van der Waals surface area contributed by atoms with E-state index in [-0.39, 0.29) is 0 Å². The van der Waals surface area contributed by atoms with Crippen molar-refractivity contribution in [3.63, 3.8) is 0 Å². The highest BCUT2D eigenvalue weighted by atomic mass is 32.1. The van der Waals surface area contributed by atoms with E-state index in [9.17, 15) is 0 Å². The molecule has 1 spiro atoms. The minimum atomic E-state index is -0.607. The smallest absolute Gasteiger partial charge is 0.0760 e. The highest BCUT2D eigenvalue weighted by Gasteiger charge is 2.55. The van der Waals surface area contributed by atoms with Gasteiger partial charge in [-0.3, -0.25) is 0 Å². The lowest BCUT2D eigenvalue weighted by Gasteiger charge is -2.36.